The van der Waals surface area contributed by atoms with Crippen LogP contribution in [0.2, 0.25) is 0 Å². The van der Waals surface area contributed by atoms with E-state index in [9.17, 15) is 9.59 Å². The van der Waals surface area contributed by atoms with E-state index in [2.05, 4.69) is 67.7 Å². The molecule has 0 saturated carbocycles. The second-order valence-corrected chi connectivity index (χ2v) is 7.23. The van der Waals surface area contributed by atoms with Crippen LogP contribution in [-0.2, 0) is 4.79 Å². The minimum atomic E-state index is -1.12. The number of benzene rings is 1. The lowest BCUT2D eigenvalue weighted by atomic mass is 10.2. The summed E-state index contributed by atoms with van der Waals surface area (Å²) in [5.41, 5.74) is -0.0141. The number of hydrogen-bond donors (Lipinski definition) is 1. The highest BCUT2D eigenvalue weighted by Crippen LogP contribution is 2.18. The number of aromatic carboxylic acids is 1. The third-order valence-electron chi connectivity index (χ3n) is 4.45. The van der Waals surface area contributed by atoms with Crippen molar-refractivity contribution in [3.8, 4) is 5.75 Å². The van der Waals surface area contributed by atoms with Crippen molar-refractivity contribution in [3.63, 3.8) is 0 Å². The molecule has 0 atom stereocenters. The lowest BCUT2D eigenvalue weighted by molar-refractivity contribution is -0.134. The van der Waals surface area contributed by atoms with E-state index in [1.807, 2.05) is 12.2 Å². The normalized spacial score (nSPS) is 12.4. The molecule has 0 fully saturated rings. The van der Waals surface area contributed by atoms with Gasteiger partial charge in [-0.3, -0.25) is 4.79 Å². The minimum absolute atomic E-state index is 0.0141. The van der Waals surface area contributed by atoms with Crippen molar-refractivity contribution >= 4 is 11.9 Å². The topological polar surface area (TPSA) is 63.6 Å². The Balaban J connectivity index is 2.09. The summed E-state index contributed by atoms with van der Waals surface area (Å²) in [6.45, 7) is 2.14. The molecule has 0 aromatic heterocycles. The molecule has 0 saturated heterocycles. The Labute approximate surface area is 198 Å². The maximum atomic E-state index is 11.9. The van der Waals surface area contributed by atoms with Gasteiger partial charge in [-0.2, -0.15) is 0 Å². The first-order chi connectivity index (χ1) is 16.1. The fraction of sp³-hybridized carbons (Fsp3) is 0.310. The van der Waals surface area contributed by atoms with Crippen molar-refractivity contribution < 1.29 is 19.4 Å². The van der Waals surface area contributed by atoms with Crippen LogP contribution in [0.4, 0.5) is 0 Å². The summed E-state index contributed by atoms with van der Waals surface area (Å²) in [7, 11) is 0. The molecule has 176 valence electrons. The molecule has 33 heavy (non-hydrogen) atoms. The van der Waals surface area contributed by atoms with Crippen LogP contribution < -0.4 is 4.74 Å². The minimum Gasteiger partial charge on any atom is -0.478 e. The Bertz CT molecular complexity index is 869. The van der Waals surface area contributed by atoms with Crippen molar-refractivity contribution in [2.24, 2.45) is 0 Å². The summed E-state index contributed by atoms with van der Waals surface area (Å²) >= 11 is 0. The molecule has 1 N–H and O–H groups in total. The van der Waals surface area contributed by atoms with Gasteiger partial charge in [-0.1, -0.05) is 92.0 Å². The van der Waals surface area contributed by atoms with Crippen LogP contribution >= 0.6 is 0 Å². The number of para-hydroxylation sites is 1. The Morgan fingerprint density at radius 1 is 0.727 bits per heavy atom. The number of carbonyl (C=O) groups excluding carboxylic acids is 1. The SMILES string of the molecule is CC/C=C\C/C=C\C/C=C\C/C=C\C/C=C\C/C=C\CCC(=O)Oc1ccccc1C(=O)O. The first-order valence-corrected chi connectivity index (χ1v) is 11.6. The Kier molecular flexibility index (Phi) is 16.2. The van der Waals surface area contributed by atoms with E-state index in [1.54, 1.807) is 12.1 Å². The van der Waals surface area contributed by atoms with E-state index in [0.29, 0.717) is 6.42 Å². The summed E-state index contributed by atoms with van der Waals surface area (Å²) < 4.78 is 5.16. The molecule has 0 bridgehead atoms. The van der Waals surface area contributed by atoms with Crippen molar-refractivity contribution in [1.82, 2.24) is 0 Å². The van der Waals surface area contributed by atoms with Crippen LogP contribution in [0.5, 0.6) is 5.75 Å². The zero-order valence-corrected chi connectivity index (χ0v) is 19.6. The van der Waals surface area contributed by atoms with Gasteiger partial charge in [0.15, 0.2) is 0 Å². The predicted octanol–water partition coefficient (Wildman–Crippen LogP) is 7.77. The molecule has 1 aromatic rings. The van der Waals surface area contributed by atoms with Crippen LogP contribution in [0, 0.1) is 0 Å². The molecule has 0 aliphatic carbocycles. The van der Waals surface area contributed by atoms with Gasteiger partial charge in [0, 0.05) is 6.42 Å². The summed E-state index contributed by atoms with van der Waals surface area (Å²) in [5.74, 6) is -1.48. The molecule has 0 unspecified atom stereocenters. The van der Waals surface area contributed by atoms with Gasteiger partial charge in [0.2, 0.25) is 0 Å². The van der Waals surface area contributed by atoms with Crippen LogP contribution in [0.25, 0.3) is 0 Å². The summed E-state index contributed by atoms with van der Waals surface area (Å²) in [6, 6.07) is 6.13. The zero-order chi connectivity index (χ0) is 24.0. The van der Waals surface area contributed by atoms with E-state index in [1.165, 1.54) is 12.1 Å². The second kappa shape index (κ2) is 19.3. The van der Waals surface area contributed by atoms with Crippen molar-refractivity contribution in [2.75, 3.05) is 0 Å². The van der Waals surface area contributed by atoms with E-state index in [4.69, 9.17) is 9.84 Å². The molecule has 4 nitrogen and oxygen atoms in total. The molecule has 0 radical (unpaired) electrons. The molecule has 1 rings (SSSR count). The lowest BCUT2D eigenvalue weighted by Gasteiger charge is -2.06. The highest BCUT2D eigenvalue weighted by Gasteiger charge is 2.13. The zero-order valence-electron chi connectivity index (χ0n) is 19.6. The summed E-state index contributed by atoms with van der Waals surface area (Å²) in [5, 5.41) is 9.10. The highest BCUT2D eigenvalue weighted by atomic mass is 16.5. The van der Waals surface area contributed by atoms with Crippen LogP contribution in [0.3, 0.4) is 0 Å². The van der Waals surface area contributed by atoms with Gasteiger partial charge >= 0.3 is 11.9 Å². The average molecular weight is 449 g/mol. The molecular formula is C29H36O4. The number of ether oxygens (including phenoxy) is 1. The fourth-order valence-corrected chi connectivity index (χ4v) is 2.75. The molecule has 1 aromatic carbocycles. The molecule has 0 aliphatic rings. The fourth-order valence-electron chi connectivity index (χ4n) is 2.75. The largest absolute Gasteiger partial charge is 0.478 e. The number of carbonyl (C=O) groups is 2. The third-order valence-corrected chi connectivity index (χ3v) is 4.45. The maximum Gasteiger partial charge on any atom is 0.339 e. The number of esters is 1. The van der Waals surface area contributed by atoms with E-state index < -0.39 is 11.9 Å². The van der Waals surface area contributed by atoms with Crippen LogP contribution in [0.15, 0.2) is 97.2 Å². The molecule has 0 aliphatic heterocycles. The standard InChI is InChI=1S/C29H36O4/c1-2-3-4-5-6-7-8-9-10-11-12-13-14-15-16-17-18-19-20-25-28(30)33-27-24-22-21-23-26(27)29(31)32/h3-4,6-7,9-10,12-13,15-16,18-19,21-24H,2,5,8,11,14,17,20,25H2,1H3,(H,31,32)/b4-3-,7-6-,10-9-,13-12-,16-15-,19-18-. The van der Waals surface area contributed by atoms with E-state index in [0.717, 1.165) is 38.5 Å². The first-order valence-electron chi connectivity index (χ1n) is 11.6. The van der Waals surface area contributed by atoms with Gasteiger partial charge in [-0.15, -0.1) is 0 Å². The number of rotatable bonds is 16. The Hall–Kier alpha value is -3.40. The molecule has 0 heterocycles. The van der Waals surface area contributed by atoms with E-state index in [-0.39, 0.29) is 17.7 Å². The Morgan fingerprint density at radius 2 is 1.18 bits per heavy atom. The van der Waals surface area contributed by atoms with Crippen LogP contribution in [-0.4, -0.2) is 17.0 Å². The van der Waals surface area contributed by atoms with Crippen molar-refractivity contribution in [2.45, 2.75) is 58.3 Å². The van der Waals surface area contributed by atoms with Gasteiger partial charge in [0.05, 0.1) is 0 Å². The van der Waals surface area contributed by atoms with Crippen molar-refractivity contribution in [3.05, 3.63) is 103 Å². The predicted molar refractivity (Wildman–Crippen MR) is 136 cm³/mol. The first kappa shape index (κ1) is 27.6. The van der Waals surface area contributed by atoms with Gasteiger partial charge in [-0.25, -0.2) is 4.79 Å². The van der Waals surface area contributed by atoms with E-state index >= 15 is 0 Å². The van der Waals surface area contributed by atoms with Gasteiger partial charge in [0.1, 0.15) is 11.3 Å². The quantitative estimate of drug-likeness (QED) is 0.159. The third kappa shape index (κ3) is 15.1. The summed E-state index contributed by atoms with van der Waals surface area (Å²) in [6.07, 6.45) is 32.1. The summed E-state index contributed by atoms with van der Waals surface area (Å²) in [4.78, 5) is 23.0. The van der Waals surface area contributed by atoms with Gasteiger partial charge in [0.25, 0.3) is 0 Å². The lowest BCUT2D eigenvalue weighted by Crippen LogP contribution is -2.10. The molecular weight excluding hydrogens is 412 g/mol. The van der Waals surface area contributed by atoms with Gasteiger partial charge < -0.3 is 9.84 Å². The smallest absolute Gasteiger partial charge is 0.339 e. The maximum absolute atomic E-state index is 11.9. The Morgan fingerprint density at radius 3 is 1.67 bits per heavy atom. The van der Waals surface area contributed by atoms with Gasteiger partial charge in [-0.05, 0) is 57.1 Å². The molecule has 4 heteroatoms. The second-order valence-electron chi connectivity index (χ2n) is 7.23. The van der Waals surface area contributed by atoms with Crippen LogP contribution in [0.1, 0.15) is 68.6 Å². The monoisotopic (exact) mass is 448 g/mol. The molecule has 0 amide bonds. The number of allylic oxidation sites excluding steroid dienone is 12. The number of hydrogen-bond acceptors (Lipinski definition) is 3. The van der Waals surface area contributed by atoms with Crippen molar-refractivity contribution in [1.29, 1.82) is 0 Å². The highest BCUT2D eigenvalue weighted by molar-refractivity contribution is 5.91. The number of carboxylic acids is 1. The average Bonchev–Trinajstić information content (AvgIpc) is 2.80. The number of carboxylic acid groups (broad SMARTS) is 1. The molecule has 0 spiro atoms.